The molecular formula is C33H32ClF8N9O3. The lowest BCUT2D eigenvalue weighted by molar-refractivity contribution is -0.164. The molecule has 1 fully saturated rings. The number of rotatable bonds is 13. The van der Waals surface area contributed by atoms with E-state index in [0.29, 0.717) is 20.7 Å². The second kappa shape index (κ2) is 16.0. The minimum absolute atomic E-state index is 0.0601. The van der Waals surface area contributed by atoms with Crippen LogP contribution in [0.1, 0.15) is 73.9 Å². The molecule has 0 unspecified atom stereocenters. The summed E-state index contributed by atoms with van der Waals surface area (Å²) < 4.78 is 117. The molecule has 0 aliphatic heterocycles. The van der Waals surface area contributed by atoms with Gasteiger partial charge in [0.15, 0.2) is 11.8 Å². The van der Waals surface area contributed by atoms with Crippen LogP contribution < -0.4 is 10.6 Å². The summed E-state index contributed by atoms with van der Waals surface area (Å²) in [6, 6.07) is 5.14. The molecule has 2 heterocycles. The second-order valence-corrected chi connectivity index (χ2v) is 13.1. The number of nitrogens with one attached hydrogen (secondary N) is 3. The first-order chi connectivity index (χ1) is 25.4. The Balaban J connectivity index is 1.58. The molecule has 1 aliphatic rings. The monoisotopic (exact) mass is 789 g/mol. The van der Waals surface area contributed by atoms with Gasteiger partial charge in [0.05, 0.1) is 28.5 Å². The number of hydrogen-bond donors (Lipinski definition) is 3. The minimum Gasteiger partial charge on any atom is -0.447 e. The third-order valence-electron chi connectivity index (χ3n) is 8.48. The quantitative estimate of drug-likeness (QED) is 0.0712. The maximum atomic E-state index is 15.8. The highest BCUT2D eigenvalue weighted by Crippen LogP contribution is 2.49. The van der Waals surface area contributed by atoms with Crippen molar-refractivity contribution in [1.82, 2.24) is 40.1 Å². The third kappa shape index (κ3) is 8.74. The number of aromatic nitrogens is 5. The number of nitrogens with zero attached hydrogens (tertiary/aromatic N) is 6. The summed E-state index contributed by atoms with van der Waals surface area (Å²) in [5, 5.41) is 20.6. The van der Waals surface area contributed by atoms with Gasteiger partial charge in [-0.2, -0.15) is 32.1 Å². The van der Waals surface area contributed by atoms with Gasteiger partial charge >= 0.3 is 18.8 Å². The normalized spacial score (nSPS) is 14.3. The van der Waals surface area contributed by atoms with Crippen molar-refractivity contribution in [3.8, 4) is 16.8 Å². The zero-order chi connectivity index (χ0) is 39.5. The summed E-state index contributed by atoms with van der Waals surface area (Å²) in [6.07, 6.45) is -6.94. The van der Waals surface area contributed by atoms with E-state index in [0.717, 1.165) is 36.9 Å². The molecule has 1 atom stereocenters. The van der Waals surface area contributed by atoms with Gasteiger partial charge in [0.2, 0.25) is 0 Å². The van der Waals surface area contributed by atoms with Crippen molar-refractivity contribution in [2.24, 2.45) is 5.92 Å². The van der Waals surface area contributed by atoms with Crippen LogP contribution in [0, 0.1) is 17.1 Å². The number of amides is 2. The fourth-order valence-corrected chi connectivity index (χ4v) is 5.55. The van der Waals surface area contributed by atoms with Crippen LogP contribution in [-0.2, 0) is 4.74 Å². The summed E-state index contributed by atoms with van der Waals surface area (Å²) in [5.41, 5.74) is -3.28. The molecule has 0 spiro atoms. The lowest BCUT2D eigenvalue weighted by Crippen LogP contribution is -2.50. The number of hydrogen-bond acceptors (Lipinski definition) is 7. The Labute approximate surface area is 306 Å². The van der Waals surface area contributed by atoms with Crippen LogP contribution in [-0.4, -0.2) is 72.3 Å². The standard InChI is InChI=1S/C33H32ClF8N9O3/c1-17(2)7-10-44-30(43)50(28(52)21-5-3-18(11-23(21)35)20-13-46-49(14-20)29(38)39)25(15-54-31(53)48-32(8-9-32)33(40,41)42)19-4-6-22(34)24(12-19)51-27(26(36)37)45-16-47-51/h3-6,11-14,16-17,25-26,29H,7-10,15H2,1-2H3,(H2,43,44)(H,48,53)/t25-/m1/s1. The first-order valence-corrected chi connectivity index (χ1v) is 16.6. The molecule has 0 saturated heterocycles. The van der Waals surface area contributed by atoms with E-state index in [9.17, 15) is 40.3 Å². The topological polar surface area (TPSA) is 143 Å². The van der Waals surface area contributed by atoms with Crippen LogP contribution in [0.15, 0.2) is 55.1 Å². The van der Waals surface area contributed by atoms with E-state index in [1.807, 2.05) is 13.8 Å². The van der Waals surface area contributed by atoms with Gasteiger partial charge in [-0.25, -0.2) is 32.3 Å². The lowest BCUT2D eigenvalue weighted by atomic mass is 10.0. The zero-order valence-electron chi connectivity index (χ0n) is 28.4. The summed E-state index contributed by atoms with van der Waals surface area (Å²) in [7, 11) is 0. The molecule has 2 aromatic carbocycles. The summed E-state index contributed by atoms with van der Waals surface area (Å²) in [6.45, 7) is -0.0398. The summed E-state index contributed by atoms with van der Waals surface area (Å²) >= 11 is 6.35. The number of alkyl halides is 7. The molecule has 21 heteroatoms. The van der Waals surface area contributed by atoms with Crippen molar-refractivity contribution in [3.05, 3.63) is 82.9 Å². The first kappa shape index (κ1) is 39.9. The van der Waals surface area contributed by atoms with E-state index < -0.39 is 85.3 Å². The smallest absolute Gasteiger partial charge is 0.411 e. The molecule has 0 radical (unpaired) electrons. The van der Waals surface area contributed by atoms with Crippen molar-refractivity contribution >= 4 is 29.6 Å². The SMILES string of the molecule is CC(C)CCNC(=N)N(C(=O)c1ccc(-c2cnn(C(F)F)c2)cc1F)[C@H](COC(=O)NC1(C(F)(F)F)CC1)c1ccc(Cl)c(-n2ncnc2C(F)F)c1. The van der Waals surface area contributed by atoms with Gasteiger partial charge in [0, 0.05) is 18.3 Å². The van der Waals surface area contributed by atoms with E-state index in [4.69, 9.17) is 21.7 Å². The Morgan fingerprint density at radius 3 is 2.39 bits per heavy atom. The molecule has 2 aromatic heterocycles. The Morgan fingerprint density at radius 2 is 1.80 bits per heavy atom. The molecule has 290 valence electrons. The predicted molar refractivity (Wildman–Crippen MR) is 177 cm³/mol. The number of ether oxygens (including phenoxy) is 1. The maximum absolute atomic E-state index is 15.8. The van der Waals surface area contributed by atoms with E-state index in [1.54, 1.807) is 5.32 Å². The summed E-state index contributed by atoms with van der Waals surface area (Å²) in [4.78, 5) is 31.4. The fourth-order valence-electron chi connectivity index (χ4n) is 5.35. The molecule has 5 rings (SSSR count). The van der Waals surface area contributed by atoms with Gasteiger partial charge < -0.3 is 15.4 Å². The van der Waals surface area contributed by atoms with Crippen LogP contribution in [0.3, 0.4) is 0 Å². The Hall–Kier alpha value is -5.27. The number of alkyl carbamates (subject to hydrolysis) is 1. The van der Waals surface area contributed by atoms with E-state index in [-0.39, 0.29) is 39.9 Å². The number of carbonyl (C=O) groups excluding carboxylic acids is 2. The molecule has 0 bridgehead atoms. The molecular weight excluding hydrogens is 758 g/mol. The van der Waals surface area contributed by atoms with Crippen LogP contribution in [0.25, 0.3) is 16.8 Å². The summed E-state index contributed by atoms with van der Waals surface area (Å²) in [5.74, 6) is -3.73. The minimum atomic E-state index is -4.80. The molecule has 1 aliphatic carbocycles. The molecule has 1 saturated carbocycles. The Bertz CT molecular complexity index is 2000. The van der Waals surface area contributed by atoms with Gasteiger partial charge in [-0.1, -0.05) is 37.6 Å². The highest BCUT2D eigenvalue weighted by molar-refractivity contribution is 6.32. The van der Waals surface area contributed by atoms with Gasteiger partial charge in [0.25, 0.3) is 12.3 Å². The van der Waals surface area contributed by atoms with Gasteiger partial charge in [-0.3, -0.25) is 15.1 Å². The van der Waals surface area contributed by atoms with Crippen molar-refractivity contribution in [2.75, 3.05) is 13.2 Å². The lowest BCUT2D eigenvalue weighted by Gasteiger charge is -2.33. The van der Waals surface area contributed by atoms with Crippen molar-refractivity contribution in [1.29, 1.82) is 5.41 Å². The Morgan fingerprint density at radius 1 is 1.07 bits per heavy atom. The van der Waals surface area contributed by atoms with Gasteiger partial charge in [-0.05, 0) is 60.6 Å². The van der Waals surface area contributed by atoms with Crippen molar-refractivity contribution in [3.63, 3.8) is 0 Å². The largest absolute Gasteiger partial charge is 0.447 e. The molecule has 2 amide bonds. The molecule has 4 aromatic rings. The van der Waals surface area contributed by atoms with Crippen LogP contribution >= 0.6 is 11.6 Å². The van der Waals surface area contributed by atoms with E-state index in [2.05, 4.69) is 20.5 Å². The fraction of sp³-hybridized carbons (Fsp3) is 0.394. The molecule has 12 nitrogen and oxygen atoms in total. The van der Waals surface area contributed by atoms with Crippen LogP contribution in [0.4, 0.5) is 39.9 Å². The maximum Gasteiger partial charge on any atom is 0.411 e. The predicted octanol–water partition coefficient (Wildman–Crippen LogP) is 7.83. The van der Waals surface area contributed by atoms with Gasteiger partial charge in [-0.15, -0.1) is 0 Å². The second-order valence-electron chi connectivity index (χ2n) is 12.7. The Kier molecular flexibility index (Phi) is 11.8. The average Bonchev–Trinajstić information content (AvgIpc) is 3.47. The number of guanidine groups is 1. The van der Waals surface area contributed by atoms with E-state index in [1.165, 1.54) is 18.2 Å². The number of carbonyl (C=O) groups is 2. The number of halogens is 9. The van der Waals surface area contributed by atoms with Crippen LogP contribution in [0.5, 0.6) is 0 Å². The van der Waals surface area contributed by atoms with Crippen LogP contribution in [0.2, 0.25) is 5.02 Å². The number of benzene rings is 2. The third-order valence-corrected chi connectivity index (χ3v) is 8.80. The zero-order valence-corrected chi connectivity index (χ0v) is 29.1. The molecule has 54 heavy (non-hydrogen) atoms. The van der Waals surface area contributed by atoms with Gasteiger partial charge in [0.1, 0.15) is 24.3 Å². The molecule has 3 N–H and O–H groups in total. The van der Waals surface area contributed by atoms with Crippen molar-refractivity contribution in [2.45, 2.75) is 63.8 Å². The van der Waals surface area contributed by atoms with E-state index >= 15 is 4.39 Å². The highest BCUT2D eigenvalue weighted by atomic mass is 35.5. The first-order valence-electron chi connectivity index (χ1n) is 16.2. The average molecular weight is 790 g/mol. The van der Waals surface area contributed by atoms with Crippen molar-refractivity contribution < 1.29 is 49.4 Å². The highest BCUT2D eigenvalue weighted by Gasteiger charge is 2.64.